The van der Waals surface area contributed by atoms with Gasteiger partial charge in [0.1, 0.15) is 12.0 Å². The first-order valence-electron chi connectivity index (χ1n) is 14.0. The highest BCUT2D eigenvalue weighted by Crippen LogP contribution is 2.36. The lowest BCUT2D eigenvalue weighted by molar-refractivity contribution is 0.0976. The lowest BCUT2D eigenvalue weighted by Crippen LogP contribution is -2.35. The second kappa shape index (κ2) is 11.4. The number of aliphatic hydroxyl groups excluding tert-OH is 1. The molecule has 2 aliphatic heterocycles. The van der Waals surface area contributed by atoms with Crippen LogP contribution in [0.1, 0.15) is 72.6 Å². The van der Waals surface area contributed by atoms with Crippen molar-refractivity contribution >= 4 is 32.3 Å². The molecule has 4 heterocycles. The number of unbranched alkanes of at least 4 members (excludes halogenated alkanes) is 1. The van der Waals surface area contributed by atoms with Crippen LogP contribution in [-0.2, 0) is 6.61 Å². The summed E-state index contributed by atoms with van der Waals surface area (Å²) < 4.78 is 31.3. The average molecular weight is 553 g/mol. The highest BCUT2D eigenvalue weighted by atomic mass is 32.1. The molecule has 2 aromatic heterocycles. The molecule has 39 heavy (non-hydrogen) atoms. The number of piperidine rings is 1. The van der Waals surface area contributed by atoms with E-state index >= 15 is 4.39 Å². The van der Waals surface area contributed by atoms with E-state index in [-0.39, 0.29) is 24.2 Å². The monoisotopic (exact) mass is 552 g/mol. The molecule has 0 spiro atoms. The molecule has 206 valence electrons. The number of thiazole rings is 1. The molecular formula is C30H34F2N4O2S. The number of nitrogens with one attached hydrogen (secondary N) is 1. The Labute approximate surface area is 230 Å². The molecule has 2 fully saturated rings. The first-order valence-corrected chi connectivity index (χ1v) is 14.8. The summed E-state index contributed by atoms with van der Waals surface area (Å²) >= 11 is 1.43. The lowest BCUT2D eigenvalue weighted by Gasteiger charge is -2.28. The summed E-state index contributed by atoms with van der Waals surface area (Å²) in [6, 6.07) is 11.1. The van der Waals surface area contributed by atoms with Crippen molar-refractivity contribution in [3.05, 3.63) is 59.0 Å². The van der Waals surface area contributed by atoms with Gasteiger partial charge in [0, 0.05) is 36.7 Å². The number of aromatic nitrogens is 2. The van der Waals surface area contributed by atoms with Crippen LogP contribution in [0.25, 0.3) is 26.4 Å². The number of alkyl halides is 1. The number of likely N-dealkylation sites (tertiary alicyclic amines) is 1. The van der Waals surface area contributed by atoms with Crippen LogP contribution in [0.5, 0.6) is 0 Å². The molecule has 1 atom stereocenters. The highest BCUT2D eigenvalue weighted by molar-refractivity contribution is 7.23. The quantitative estimate of drug-likeness (QED) is 0.195. The molecule has 0 radical (unpaired) electrons. The van der Waals surface area contributed by atoms with Crippen LogP contribution < -0.4 is 5.32 Å². The van der Waals surface area contributed by atoms with Gasteiger partial charge < -0.3 is 15.3 Å². The Morgan fingerprint density at radius 2 is 1.97 bits per heavy atom. The Bertz CT molecular complexity index is 1490. The maximum Gasteiger partial charge on any atom is 0.195 e. The number of Topliss-reactive ketones (excluding diaryl/α,β-unsaturated/α-hetero) is 1. The molecule has 2 saturated heterocycles. The summed E-state index contributed by atoms with van der Waals surface area (Å²) in [5.41, 5.74) is 3.81. The maximum absolute atomic E-state index is 15.2. The summed E-state index contributed by atoms with van der Waals surface area (Å²) in [5.74, 6) is -0.238. The van der Waals surface area contributed by atoms with Gasteiger partial charge >= 0.3 is 0 Å². The number of rotatable bonds is 9. The van der Waals surface area contributed by atoms with E-state index in [9.17, 15) is 14.3 Å². The number of nitrogens with zero attached hydrogens (tertiary/aromatic N) is 3. The van der Waals surface area contributed by atoms with Crippen LogP contribution in [0.3, 0.4) is 0 Å². The van der Waals surface area contributed by atoms with Crippen LogP contribution in [0.15, 0.2) is 36.4 Å². The Kier molecular flexibility index (Phi) is 7.75. The van der Waals surface area contributed by atoms with Gasteiger partial charge in [0.25, 0.3) is 0 Å². The molecule has 2 aliphatic rings. The molecule has 0 bridgehead atoms. The molecule has 0 amide bonds. The van der Waals surface area contributed by atoms with Gasteiger partial charge in [0.15, 0.2) is 10.7 Å². The van der Waals surface area contributed by atoms with E-state index in [0.29, 0.717) is 46.7 Å². The standard InChI is InChI=1S/C30H34F2N4O2S/c31-21-10-14-35(15-11-21)13-2-1-5-27(38)20-7-9-25-28(17-20)39-30-34-29(26(18-37)36(25)30)22-8-6-19(16-23(22)32)24-4-3-12-33-24/h6-9,16-17,21,24,33,37H,1-5,10-15,18H2/t24-/m0/s1. The van der Waals surface area contributed by atoms with Gasteiger partial charge in [0.2, 0.25) is 0 Å². The van der Waals surface area contributed by atoms with E-state index in [4.69, 9.17) is 4.98 Å². The minimum atomic E-state index is -0.662. The minimum absolute atomic E-state index is 0.104. The van der Waals surface area contributed by atoms with Crippen molar-refractivity contribution in [2.24, 2.45) is 0 Å². The molecule has 6 rings (SSSR count). The molecule has 4 aromatic rings. The summed E-state index contributed by atoms with van der Waals surface area (Å²) in [5, 5.41) is 13.7. The number of carbonyl (C=O) groups excluding carboxylic acids is 1. The van der Waals surface area contributed by atoms with E-state index < -0.39 is 6.17 Å². The summed E-state index contributed by atoms with van der Waals surface area (Å²) in [4.78, 5) is 20.6. The third-order valence-corrected chi connectivity index (χ3v) is 9.18. The number of benzene rings is 2. The predicted molar refractivity (Wildman–Crippen MR) is 151 cm³/mol. The zero-order valence-corrected chi connectivity index (χ0v) is 22.8. The molecular weight excluding hydrogens is 518 g/mol. The molecule has 0 saturated carbocycles. The van der Waals surface area contributed by atoms with Gasteiger partial charge in [-0.2, -0.15) is 0 Å². The Morgan fingerprint density at radius 1 is 1.13 bits per heavy atom. The first-order chi connectivity index (χ1) is 19.0. The van der Waals surface area contributed by atoms with Gasteiger partial charge in [-0.05, 0) is 87.5 Å². The van der Waals surface area contributed by atoms with E-state index in [0.717, 1.165) is 67.6 Å². The van der Waals surface area contributed by atoms with Crippen molar-refractivity contribution in [2.75, 3.05) is 26.2 Å². The lowest BCUT2D eigenvalue weighted by atomic mass is 10.0. The van der Waals surface area contributed by atoms with Crippen molar-refractivity contribution in [1.82, 2.24) is 19.6 Å². The number of carbonyl (C=O) groups is 1. The van der Waals surface area contributed by atoms with Crippen LogP contribution in [0.2, 0.25) is 0 Å². The van der Waals surface area contributed by atoms with Crippen molar-refractivity contribution in [2.45, 2.75) is 63.8 Å². The maximum atomic E-state index is 15.2. The van der Waals surface area contributed by atoms with E-state index in [1.54, 1.807) is 12.1 Å². The summed E-state index contributed by atoms with van der Waals surface area (Å²) in [7, 11) is 0. The number of hydrogen-bond acceptors (Lipinski definition) is 6. The van der Waals surface area contributed by atoms with Crippen LogP contribution in [0.4, 0.5) is 8.78 Å². The van der Waals surface area contributed by atoms with Crippen molar-refractivity contribution in [3.63, 3.8) is 0 Å². The fourth-order valence-corrected chi connectivity index (χ4v) is 7.04. The first kappa shape index (κ1) is 26.5. The zero-order chi connectivity index (χ0) is 26.9. The Hall–Kier alpha value is -2.72. The van der Waals surface area contributed by atoms with Gasteiger partial charge in [-0.15, -0.1) is 0 Å². The number of halogens is 2. The second-order valence-electron chi connectivity index (χ2n) is 10.8. The molecule has 0 unspecified atom stereocenters. The van der Waals surface area contributed by atoms with Gasteiger partial charge in [0.05, 0.1) is 28.2 Å². The molecule has 6 nitrogen and oxygen atoms in total. The normalized spacial score (nSPS) is 19.0. The highest BCUT2D eigenvalue weighted by Gasteiger charge is 2.23. The van der Waals surface area contributed by atoms with Crippen LogP contribution in [0, 0.1) is 5.82 Å². The average Bonchev–Trinajstić information content (AvgIpc) is 3.67. The predicted octanol–water partition coefficient (Wildman–Crippen LogP) is 6.06. The number of imidazole rings is 1. The fourth-order valence-electron chi connectivity index (χ4n) is 5.96. The fraction of sp³-hybridized carbons (Fsp3) is 0.467. The third-order valence-electron chi connectivity index (χ3n) is 8.17. The topological polar surface area (TPSA) is 69.9 Å². The van der Waals surface area contributed by atoms with Crippen molar-refractivity contribution < 1.29 is 18.7 Å². The zero-order valence-electron chi connectivity index (χ0n) is 22.0. The van der Waals surface area contributed by atoms with Gasteiger partial charge in [-0.1, -0.05) is 17.4 Å². The van der Waals surface area contributed by atoms with E-state index in [2.05, 4.69) is 10.2 Å². The number of fused-ring (bicyclic) bond motifs is 3. The SMILES string of the molecule is O=C(CCCCN1CCC(F)CC1)c1ccc2c(c1)sc1nc(-c3ccc([C@@H]4CCCN4)cc3F)c(CO)n12. The summed E-state index contributed by atoms with van der Waals surface area (Å²) in [6.45, 7) is 3.19. The Balaban J connectivity index is 1.18. The number of aliphatic hydroxyl groups is 1. The van der Waals surface area contributed by atoms with Gasteiger partial charge in [-0.3, -0.25) is 9.20 Å². The summed E-state index contributed by atoms with van der Waals surface area (Å²) in [6.07, 6.45) is 4.86. The Morgan fingerprint density at radius 3 is 2.72 bits per heavy atom. The molecule has 2 N–H and O–H groups in total. The van der Waals surface area contributed by atoms with Crippen LogP contribution in [-0.4, -0.2) is 57.5 Å². The molecule has 0 aliphatic carbocycles. The van der Waals surface area contributed by atoms with E-state index in [1.165, 1.54) is 11.3 Å². The van der Waals surface area contributed by atoms with E-state index in [1.807, 2.05) is 28.7 Å². The smallest absolute Gasteiger partial charge is 0.195 e. The largest absolute Gasteiger partial charge is 0.390 e. The van der Waals surface area contributed by atoms with Gasteiger partial charge in [-0.25, -0.2) is 13.8 Å². The van der Waals surface area contributed by atoms with Crippen LogP contribution >= 0.6 is 11.3 Å². The molecule has 2 aromatic carbocycles. The number of ketones is 1. The number of hydrogen-bond donors (Lipinski definition) is 2. The molecule has 9 heteroatoms. The van der Waals surface area contributed by atoms with Crippen molar-refractivity contribution in [1.29, 1.82) is 0 Å². The third kappa shape index (κ3) is 5.37. The van der Waals surface area contributed by atoms with Crippen molar-refractivity contribution in [3.8, 4) is 11.3 Å². The second-order valence-corrected chi connectivity index (χ2v) is 11.8. The minimum Gasteiger partial charge on any atom is -0.390 e.